The third-order valence-electron chi connectivity index (χ3n) is 3.68. The van der Waals surface area contributed by atoms with E-state index in [0.29, 0.717) is 29.7 Å². The number of nitro groups is 1. The number of hydrogen-bond acceptors (Lipinski definition) is 5. The van der Waals surface area contributed by atoms with Gasteiger partial charge in [0.05, 0.1) is 15.8 Å². The Morgan fingerprint density at radius 1 is 1.36 bits per heavy atom. The Hall–Kier alpha value is -2.21. The highest BCUT2D eigenvalue weighted by Crippen LogP contribution is 2.33. The van der Waals surface area contributed by atoms with Crippen LogP contribution in [-0.2, 0) is 4.74 Å². The standard InChI is InChI=1S/C16H21N3O3/c1-16(2,8-10-22-3)11-18-14-7-6-13-12(5-4-9-17-13)15(14)19(20)21/h4-7,9,18H,8,10-11H2,1-3H3. The molecule has 0 amide bonds. The van der Waals surface area contributed by atoms with Crippen molar-refractivity contribution in [3.05, 3.63) is 40.6 Å². The number of anilines is 1. The van der Waals surface area contributed by atoms with Crippen LogP contribution in [0.25, 0.3) is 10.9 Å². The number of nitrogens with one attached hydrogen (secondary N) is 1. The van der Waals surface area contributed by atoms with E-state index in [2.05, 4.69) is 24.1 Å². The molecule has 118 valence electrons. The lowest BCUT2D eigenvalue weighted by molar-refractivity contribution is -0.382. The number of aromatic nitrogens is 1. The minimum atomic E-state index is -0.353. The largest absolute Gasteiger partial charge is 0.385 e. The molecule has 1 heterocycles. The highest BCUT2D eigenvalue weighted by Gasteiger charge is 2.22. The number of rotatable bonds is 7. The molecule has 22 heavy (non-hydrogen) atoms. The Labute approximate surface area is 129 Å². The molecule has 1 aromatic heterocycles. The molecule has 0 saturated carbocycles. The smallest absolute Gasteiger partial charge is 0.301 e. The van der Waals surface area contributed by atoms with Gasteiger partial charge in [0.25, 0.3) is 0 Å². The van der Waals surface area contributed by atoms with Crippen molar-refractivity contribution < 1.29 is 9.66 Å². The second-order valence-corrected chi connectivity index (χ2v) is 6.05. The normalized spacial score (nSPS) is 11.6. The zero-order valence-electron chi connectivity index (χ0n) is 13.1. The second kappa shape index (κ2) is 6.70. The summed E-state index contributed by atoms with van der Waals surface area (Å²) < 4.78 is 5.11. The molecule has 2 aromatic rings. The first-order chi connectivity index (χ1) is 10.4. The molecule has 0 spiro atoms. The minimum absolute atomic E-state index is 0.0201. The number of pyridine rings is 1. The number of benzene rings is 1. The predicted molar refractivity (Wildman–Crippen MR) is 87.2 cm³/mol. The molecule has 6 heteroatoms. The van der Waals surface area contributed by atoms with Gasteiger partial charge in [-0.15, -0.1) is 0 Å². The van der Waals surface area contributed by atoms with Gasteiger partial charge in [-0.2, -0.15) is 0 Å². The van der Waals surface area contributed by atoms with Crippen LogP contribution >= 0.6 is 0 Å². The number of nitro benzene ring substituents is 1. The van der Waals surface area contributed by atoms with E-state index >= 15 is 0 Å². The Bertz CT molecular complexity index is 671. The fourth-order valence-electron chi connectivity index (χ4n) is 2.28. The van der Waals surface area contributed by atoms with Crippen molar-refractivity contribution in [3.8, 4) is 0 Å². The van der Waals surface area contributed by atoms with Crippen LogP contribution in [0.2, 0.25) is 0 Å². The van der Waals surface area contributed by atoms with E-state index in [0.717, 1.165) is 6.42 Å². The number of fused-ring (bicyclic) bond motifs is 1. The van der Waals surface area contributed by atoms with Crippen molar-refractivity contribution in [2.75, 3.05) is 25.6 Å². The van der Waals surface area contributed by atoms with Crippen LogP contribution in [0.15, 0.2) is 30.5 Å². The van der Waals surface area contributed by atoms with E-state index in [1.807, 2.05) is 0 Å². The summed E-state index contributed by atoms with van der Waals surface area (Å²) >= 11 is 0. The minimum Gasteiger partial charge on any atom is -0.385 e. The Morgan fingerprint density at radius 3 is 2.82 bits per heavy atom. The molecule has 0 radical (unpaired) electrons. The third-order valence-corrected chi connectivity index (χ3v) is 3.68. The summed E-state index contributed by atoms with van der Waals surface area (Å²) in [6.07, 6.45) is 2.51. The molecule has 0 aliphatic heterocycles. The lowest BCUT2D eigenvalue weighted by atomic mass is 9.89. The molecule has 6 nitrogen and oxygen atoms in total. The number of methoxy groups -OCH3 is 1. The van der Waals surface area contributed by atoms with Crippen LogP contribution in [0.4, 0.5) is 11.4 Å². The average Bonchev–Trinajstić information content (AvgIpc) is 2.50. The molecule has 0 unspecified atom stereocenters. The fraction of sp³-hybridized carbons (Fsp3) is 0.438. The summed E-state index contributed by atoms with van der Waals surface area (Å²) in [4.78, 5) is 15.3. The molecule has 1 aromatic carbocycles. The highest BCUT2D eigenvalue weighted by atomic mass is 16.6. The fourth-order valence-corrected chi connectivity index (χ4v) is 2.28. The number of nitrogens with zero attached hydrogens (tertiary/aromatic N) is 2. The zero-order chi connectivity index (χ0) is 16.2. The number of ether oxygens (including phenoxy) is 1. The van der Waals surface area contributed by atoms with Gasteiger partial charge >= 0.3 is 5.69 Å². The topological polar surface area (TPSA) is 77.3 Å². The molecular weight excluding hydrogens is 282 g/mol. The molecule has 0 bridgehead atoms. The van der Waals surface area contributed by atoms with E-state index in [4.69, 9.17) is 4.74 Å². The Morgan fingerprint density at radius 2 is 2.14 bits per heavy atom. The van der Waals surface area contributed by atoms with Gasteiger partial charge in [0.2, 0.25) is 0 Å². The summed E-state index contributed by atoms with van der Waals surface area (Å²) in [6.45, 7) is 5.50. The van der Waals surface area contributed by atoms with Crippen LogP contribution in [0.1, 0.15) is 20.3 Å². The van der Waals surface area contributed by atoms with E-state index in [9.17, 15) is 10.1 Å². The quantitative estimate of drug-likeness (QED) is 0.624. The molecule has 0 aliphatic carbocycles. The Kier molecular flexibility index (Phi) is 4.92. The van der Waals surface area contributed by atoms with Gasteiger partial charge in [0, 0.05) is 26.5 Å². The van der Waals surface area contributed by atoms with Gasteiger partial charge in [0.15, 0.2) is 0 Å². The van der Waals surface area contributed by atoms with Crippen molar-refractivity contribution in [1.29, 1.82) is 0 Å². The van der Waals surface area contributed by atoms with Crippen molar-refractivity contribution in [2.24, 2.45) is 5.41 Å². The van der Waals surface area contributed by atoms with Crippen molar-refractivity contribution in [2.45, 2.75) is 20.3 Å². The molecule has 0 fully saturated rings. The van der Waals surface area contributed by atoms with E-state index < -0.39 is 0 Å². The summed E-state index contributed by atoms with van der Waals surface area (Å²) in [6, 6.07) is 6.95. The predicted octanol–water partition coefficient (Wildman–Crippen LogP) is 3.62. The maximum Gasteiger partial charge on any atom is 0.301 e. The van der Waals surface area contributed by atoms with Crippen LogP contribution in [0.3, 0.4) is 0 Å². The molecule has 2 rings (SSSR count). The van der Waals surface area contributed by atoms with E-state index in [-0.39, 0.29) is 16.0 Å². The summed E-state index contributed by atoms with van der Waals surface area (Å²) in [5, 5.41) is 15.2. The van der Waals surface area contributed by atoms with Gasteiger partial charge in [-0.05, 0) is 36.1 Å². The second-order valence-electron chi connectivity index (χ2n) is 6.05. The average molecular weight is 303 g/mol. The molecule has 0 saturated heterocycles. The van der Waals surface area contributed by atoms with E-state index in [1.165, 1.54) is 0 Å². The Balaban J connectivity index is 2.28. The van der Waals surface area contributed by atoms with Crippen LogP contribution in [-0.4, -0.2) is 30.2 Å². The summed E-state index contributed by atoms with van der Waals surface area (Å²) in [5.41, 5.74) is 1.20. The third kappa shape index (κ3) is 3.71. The van der Waals surface area contributed by atoms with Crippen LogP contribution in [0, 0.1) is 15.5 Å². The lowest BCUT2D eigenvalue weighted by Gasteiger charge is -2.25. The molecule has 0 aliphatic rings. The summed E-state index contributed by atoms with van der Waals surface area (Å²) in [5.74, 6) is 0. The van der Waals surface area contributed by atoms with Gasteiger partial charge in [-0.1, -0.05) is 13.8 Å². The van der Waals surface area contributed by atoms with Crippen molar-refractivity contribution >= 4 is 22.3 Å². The highest BCUT2D eigenvalue weighted by molar-refractivity contribution is 5.94. The van der Waals surface area contributed by atoms with Crippen LogP contribution < -0.4 is 5.32 Å². The molecule has 0 atom stereocenters. The summed E-state index contributed by atoms with van der Waals surface area (Å²) in [7, 11) is 1.67. The first-order valence-corrected chi connectivity index (χ1v) is 7.19. The molecular formula is C16H21N3O3. The maximum absolute atomic E-state index is 11.5. The van der Waals surface area contributed by atoms with Crippen molar-refractivity contribution in [3.63, 3.8) is 0 Å². The van der Waals surface area contributed by atoms with Gasteiger partial charge in [-0.3, -0.25) is 15.1 Å². The zero-order valence-corrected chi connectivity index (χ0v) is 13.1. The van der Waals surface area contributed by atoms with Crippen LogP contribution in [0.5, 0.6) is 0 Å². The van der Waals surface area contributed by atoms with Gasteiger partial charge in [-0.25, -0.2) is 0 Å². The van der Waals surface area contributed by atoms with Crippen molar-refractivity contribution in [1.82, 2.24) is 4.98 Å². The first-order valence-electron chi connectivity index (χ1n) is 7.19. The first kappa shape index (κ1) is 16.2. The number of hydrogen-bond donors (Lipinski definition) is 1. The maximum atomic E-state index is 11.5. The van der Waals surface area contributed by atoms with Gasteiger partial charge in [0.1, 0.15) is 5.69 Å². The van der Waals surface area contributed by atoms with Gasteiger partial charge < -0.3 is 10.1 Å². The molecule has 1 N–H and O–H groups in total. The monoisotopic (exact) mass is 303 g/mol. The lowest BCUT2D eigenvalue weighted by Crippen LogP contribution is -2.25. The van der Waals surface area contributed by atoms with E-state index in [1.54, 1.807) is 37.6 Å². The SMILES string of the molecule is COCCC(C)(C)CNc1ccc2ncccc2c1[N+](=O)[O-].